The first-order valence-electron chi connectivity index (χ1n) is 8.84. The largest absolute Gasteiger partial charge is 0.466 e. The molecule has 1 unspecified atom stereocenters. The zero-order valence-corrected chi connectivity index (χ0v) is 15.1. The zero-order valence-electron chi connectivity index (χ0n) is 15.1. The lowest BCUT2D eigenvalue weighted by Crippen LogP contribution is -2.36. The number of hydrogen-bond acceptors (Lipinski definition) is 4. The number of aryl methyl sites for hydroxylation is 1. The molecule has 1 aromatic rings. The molecule has 0 radical (unpaired) electrons. The van der Waals surface area contributed by atoms with E-state index in [2.05, 4.69) is 5.32 Å². The van der Waals surface area contributed by atoms with E-state index in [4.69, 9.17) is 15.9 Å². The molecule has 0 spiro atoms. The summed E-state index contributed by atoms with van der Waals surface area (Å²) in [6, 6.07) is 7.44. The molecule has 0 aliphatic rings. The van der Waals surface area contributed by atoms with Gasteiger partial charge in [-0.1, -0.05) is 31.2 Å². The van der Waals surface area contributed by atoms with E-state index in [0.29, 0.717) is 19.4 Å². The lowest BCUT2D eigenvalue weighted by Gasteiger charge is -2.16. The number of amides is 1. The normalized spacial score (nSPS) is 11.6. The molecule has 1 aromatic carbocycles. The summed E-state index contributed by atoms with van der Waals surface area (Å²) in [6.45, 7) is 4.07. The Balaban J connectivity index is 2.27. The molecule has 4 N–H and O–H groups in total. The molecule has 1 rings (SSSR count). The molecule has 0 fully saturated rings. The third-order valence-electron chi connectivity index (χ3n) is 3.96. The fourth-order valence-corrected chi connectivity index (χ4v) is 2.48. The summed E-state index contributed by atoms with van der Waals surface area (Å²) >= 11 is 0. The molecule has 0 aliphatic carbocycles. The van der Waals surface area contributed by atoms with Gasteiger partial charge in [0.1, 0.15) is 5.84 Å². The van der Waals surface area contributed by atoms with Gasteiger partial charge in [0.15, 0.2) is 0 Å². The van der Waals surface area contributed by atoms with Crippen molar-refractivity contribution in [2.75, 3.05) is 6.61 Å². The number of hydrogen-bond donors (Lipinski definition) is 3. The van der Waals surface area contributed by atoms with E-state index in [1.807, 2.05) is 31.2 Å². The maximum absolute atomic E-state index is 12.0. The van der Waals surface area contributed by atoms with Gasteiger partial charge in [-0.05, 0) is 38.2 Å². The Morgan fingerprint density at radius 2 is 1.88 bits per heavy atom. The first kappa shape index (κ1) is 20.7. The second kappa shape index (κ2) is 11.2. The van der Waals surface area contributed by atoms with Crippen molar-refractivity contribution in [2.45, 2.75) is 58.4 Å². The minimum atomic E-state index is -0.274. The van der Waals surface area contributed by atoms with Crippen molar-refractivity contribution in [1.29, 1.82) is 5.41 Å². The zero-order chi connectivity index (χ0) is 18.7. The Kier molecular flexibility index (Phi) is 9.29. The molecule has 0 heterocycles. The van der Waals surface area contributed by atoms with Gasteiger partial charge in [0.25, 0.3) is 0 Å². The Labute approximate surface area is 149 Å². The van der Waals surface area contributed by atoms with Crippen LogP contribution in [0.1, 0.15) is 57.1 Å². The monoisotopic (exact) mass is 347 g/mol. The Morgan fingerprint density at radius 1 is 1.20 bits per heavy atom. The van der Waals surface area contributed by atoms with Gasteiger partial charge >= 0.3 is 5.97 Å². The average Bonchev–Trinajstić information content (AvgIpc) is 2.58. The van der Waals surface area contributed by atoms with Gasteiger partial charge in [0.2, 0.25) is 5.91 Å². The Hall–Kier alpha value is -2.37. The van der Waals surface area contributed by atoms with Crippen LogP contribution in [0.3, 0.4) is 0 Å². The minimum Gasteiger partial charge on any atom is -0.466 e. The minimum absolute atomic E-state index is 0.0249. The van der Waals surface area contributed by atoms with Crippen molar-refractivity contribution in [3.8, 4) is 0 Å². The number of nitrogen functional groups attached to an aromatic ring is 1. The molecule has 0 aliphatic heterocycles. The van der Waals surface area contributed by atoms with E-state index >= 15 is 0 Å². The van der Waals surface area contributed by atoms with Crippen molar-refractivity contribution in [1.82, 2.24) is 5.32 Å². The van der Waals surface area contributed by atoms with Crippen molar-refractivity contribution >= 4 is 17.7 Å². The molecule has 25 heavy (non-hydrogen) atoms. The summed E-state index contributed by atoms with van der Waals surface area (Å²) in [5.74, 6) is -0.233. The predicted octanol–water partition coefficient (Wildman–Crippen LogP) is 2.53. The third-order valence-corrected chi connectivity index (χ3v) is 3.96. The lowest BCUT2D eigenvalue weighted by molar-refractivity contribution is -0.143. The molecule has 0 aromatic heterocycles. The lowest BCUT2D eigenvalue weighted by atomic mass is 10.0. The highest BCUT2D eigenvalue weighted by Crippen LogP contribution is 2.09. The summed E-state index contributed by atoms with van der Waals surface area (Å²) in [4.78, 5) is 23.5. The number of rotatable bonds is 11. The SMILES string of the molecule is CCOC(=O)CC(CC)NC(=O)CCCCc1ccc(C(=N)N)cc1. The van der Waals surface area contributed by atoms with Crippen LogP contribution in [0.25, 0.3) is 0 Å². The van der Waals surface area contributed by atoms with Gasteiger partial charge in [-0.2, -0.15) is 0 Å². The number of esters is 1. The number of nitrogens with one attached hydrogen (secondary N) is 2. The predicted molar refractivity (Wildman–Crippen MR) is 98.5 cm³/mol. The summed E-state index contributed by atoms with van der Waals surface area (Å²) < 4.78 is 4.92. The molecule has 1 amide bonds. The summed E-state index contributed by atoms with van der Waals surface area (Å²) in [5.41, 5.74) is 7.31. The van der Waals surface area contributed by atoms with Gasteiger partial charge in [-0.25, -0.2) is 0 Å². The van der Waals surface area contributed by atoms with Crippen LogP contribution >= 0.6 is 0 Å². The molecule has 0 saturated carbocycles. The number of carbonyl (C=O) groups excluding carboxylic acids is 2. The number of nitrogens with two attached hydrogens (primary N) is 1. The molecule has 138 valence electrons. The van der Waals surface area contributed by atoms with E-state index in [1.165, 1.54) is 5.56 Å². The topological polar surface area (TPSA) is 105 Å². The maximum Gasteiger partial charge on any atom is 0.307 e. The molecule has 6 nitrogen and oxygen atoms in total. The average molecular weight is 347 g/mol. The highest BCUT2D eigenvalue weighted by Gasteiger charge is 2.15. The van der Waals surface area contributed by atoms with Crippen LogP contribution in [0.2, 0.25) is 0 Å². The van der Waals surface area contributed by atoms with E-state index < -0.39 is 0 Å². The molecule has 0 bridgehead atoms. The van der Waals surface area contributed by atoms with Crippen LogP contribution in [-0.4, -0.2) is 30.4 Å². The maximum atomic E-state index is 12.0. The van der Waals surface area contributed by atoms with Crippen LogP contribution in [0.5, 0.6) is 0 Å². The Morgan fingerprint density at radius 3 is 2.44 bits per heavy atom. The smallest absolute Gasteiger partial charge is 0.307 e. The number of amidine groups is 1. The van der Waals surface area contributed by atoms with E-state index in [0.717, 1.165) is 24.8 Å². The number of carbonyl (C=O) groups is 2. The summed E-state index contributed by atoms with van der Waals surface area (Å²) in [6.07, 6.45) is 3.94. The number of ether oxygens (including phenoxy) is 1. The molecule has 1 atom stereocenters. The standard InChI is InChI=1S/C19H29N3O3/c1-3-16(13-18(24)25-4-2)22-17(23)8-6-5-7-14-9-11-15(12-10-14)19(20)21/h9-12,16H,3-8,13H2,1-2H3,(H3,20,21)(H,22,23). The van der Waals surface area contributed by atoms with Crippen molar-refractivity contribution < 1.29 is 14.3 Å². The second-order valence-corrected chi connectivity index (χ2v) is 6.00. The molecule has 0 saturated heterocycles. The first-order valence-corrected chi connectivity index (χ1v) is 8.84. The van der Waals surface area contributed by atoms with Crippen LogP contribution in [0.4, 0.5) is 0 Å². The van der Waals surface area contributed by atoms with Crippen molar-refractivity contribution in [3.63, 3.8) is 0 Å². The fraction of sp³-hybridized carbons (Fsp3) is 0.526. The fourth-order valence-electron chi connectivity index (χ4n) is 2.48. The second-order valence-electron chi connectivity index (χ2n) is 6.00. The van der Waals surface area contributed by atoms with Crippen molar-refractivity contribution in [3.05, 3.63) is 35.4 Å². The van der Waals surface area contributed by atoms with Gasteiger partial charge in [-0.3, -0.25) is 15.0 Å². The van der Waals surface area contributed by atoms with Crippen LogP contribution < -0.4 is 11.1 Å². The van der Waals surface area contributed by atoms with E-state index in [1.54, 1.807) is 6.92 Å². The Bertz CT molecular complexity index is 570. The third kappa shape index (κ3) is 8.33. The first-order chi connectivity index (χ1) is 12.0. The van der Waals surface area contributed by atoms with Crippen LogP contribution in [0.15, 0.2) is 24.3 Å². The molecular formula is C19H29N3O3. The van der Waals surface area contributed by atoms with Crippen molar-refractivity contribution in [2.24, 2.45) is 5.73 Å². The highest BCUT2D eigenvalue weighted by molar-refractivity contribution is 5.94. The van der Waals surface area contributed by atoms with Gasteiger partial charge in [0, 0.05) is 18.0 Å². The summed E-state index contributed by atoms with van der Waals surface area (Å²) in [7, 11) is 0. The van der Waals surface area contributed by atoms with Crippen LogP contribution in [0, 0.1) is 5.41 Å². The van der Waals surface area contributed by atoms with Gasteiger partial charge in [0.05, 0.1) is 13.0 Å². The quantitative estimate of drug-likeness (QED) is 0.247. The number of unbranched alkanes of at least 4 members (excludes halogenated alkanes) is 1. The molecule has 6 heteroatoms. The molecular weight excluding hydrogens is 318 g/mol. The summed E-state index contributed by atoms with van der Waals surface area (Å²) in [5, 5.41) is 10.3. The van der Waals surface area contributed by atoms with E-state index in [9.17, 15) is 9.59 Å². The number of benzene rings is 1. The van der Waals surface area contributed by atoms with Gasteiger partial charge in [-0.15, -0.1) is 0 Å². The van der Waals surface area contributed by atoms with Crippen LogP contribution in [-0.2, 0) is 20.7 Å². The highest BCUT2D eigenvalue weighted by atomic mass is 16.5. The van der Waals surface area contributed by atoms with Gasteiger partial charge < -0.3 is 15.8 Å². The van der Waals surface area contributed by atoms with E-state index in [-0.39, 0.29) is 30.2 Å².